The van der Waals surface area contributed by atoms with Gasteiger partial charge in [-0.1, -0.05) is 6.07 Å². The highest BCUT2D eigenvalue weighted by atomic mass is 16.4. The number of anilines is 1. The van der Waals surface area contributed by atoms with Gasteiger partial charge in [0.25, 0.3) is 0 Å². The van der Waals surface area contributed by atoms with Crippen molar-refractivity contribution >= 4 is 11.7 Å². The van der Waals surface area contributed by atoms with Crippen molar-refractivity contribution in [3.63, 3.8) is 0 Å². The lowest BCUT2D eigenvalue weighted by atomic mass is 9.66. The van der Waals surface area contributed by atoms with E-state index in [9.17, 15) is 15.0 Å². The molecule has 0 amide bonds. The number of rotatable bonds is 2. The van der Waals surface area contributed by atoms with E-state index >= 15 is 0 Å². The molecule has 0 radical (unpaired) electrons. The lowest BCUT2D eigenvalue weighted by Crippen LogP contribution is -2.59. The molecule has 90 valence electrons. The first kappa shape index (κ1) is 10.4. The number of fused-ring (bicyclic) bond motifs is 2. The monoisotopic (exact) mass is 233 g/mol. The first-order valence-electron chi connectivity index (χ1n) is 5.93. The molecule has 4 rings (SSSR count). The predicted octanol–water partition coefficient (Wildman–Crippen LogP) is 1.69. The van der Waals surface area contributed by atoms with Crippen LogP contribution in [-0.4, -0.2) is 28.8 Å². The van der Waals surface area contributed by atoms with Crippen molar-refractivity contribution in [1.29, 1.82) is 0 Å². The maximum Gasteiger partial charge on any atom is 0.326 e. The molecule has 0 aromatic heterocycles. The van der Waals surface area contributed by atoms with E-state index in [2.05, 4.69) is 0 Å². The van der Waals surface area contributed by atoms with E-state index in [0.717, 1.165) is 25.1 Å². The predicted molar refractivity (Wildman–Crippen MR) is 63.1 cm³/mol. The average molecular weight is 233 g/mol. The van der Waals surface area contributed by atoms with E-state index in [1.807, 2.05) is 11.0 Å². The molecule has 2 heterocycles. The van der Waals surface area contributed by atoms with Crippen LogP contribution < -0.4 is 4.90 Å². The number of phenolic OH excluding ortho intramolecular Hbond substituents is 1. The Labute approximate surface area is 99.5 Å². The van der Waals surface area contributed by atoms with Crippen LogP contribution in [0.2, 0.25) is 0 Å². The summed E-state index contributed by atoms with van der Waals surface area (Å²) < 4.78 is 0. The van der Waals surface area contributed by atoms with Crippen LogP contribution in [0.5, 0.6) is 5.75 Å². The molecule has 1 aliphatic carbocycles. The Hall–Kier alpha value is -1.71. The lowest BCUT2D eigenvalue weighted by Gasteiger charge is -2.52. The fraction of sp³-hybridized carbons (Fsp3) is 0.462. The molecule has 2 saturated heterocycles. The first-order valence-corrected chi connectivity index (χ1v) is 5.93. The number of aromatic hydroxyl groups is 1. The second-order valence-corrected chi connectivity index (χ2v) is 5.05. The standard InChI is InChI=1S/C13H15NO3/c15-11-3-1-2-10(6-11)14-7-8-4-9(5-8)12(14)13(16)17/h1-3,6,8-9,12,15H,4-5,7H2,(H,16,17). The van der Waals surface area contributed by atoms with Crippen LogP contribution in [-0.2, 0) is 4.79 Å². The van der Waals surface area contributed by atoms with Crippen molar-refractivity contribution in [1.82, 2.24) is 0 Å². The maximum atomic E-state index is 11.4. The SMILES string of the molecule is O=C(O)C1C2CC(C2)CN1c1cccc(O)c1. The number of carbonyl (C=O) groups is 1. The minimum Gasteiger partial charge on any atom is -0.508 e. The summed E-state index contributed by atoms with van der Waals surface area (Å²) in [5.74, 6) is 0.328. The van der Waals surface area contributed by atoms with Crippen LogP contribution in [0.4, 0.5) is 5.69 Å². The molecule has 1 aromatic rings. The summed E-state index contributed by atoms with van der Waals surface area (Å²) in [6.07, 6.45) is 2.07. The van der Waals surface area contributed by atoms with Crippen molar-refractivity contribution in [2.45, 2.75) is 18.9 Å². The summed E-state index contributed by atoms with van der Waals surface area (Å²) in [6, 6.07) is 6.43. The Morgan fingerprint density at radius 3 is 2.76 bits per heavy atom. The number of hydrogen-bond acceptors (Lipinski definition) is 3. The minimum absolute atomic E-state index is 0.186. The summed E-state index contributed by atoms with van der Waals surface area (Å²) in [5, 5.41) is 18.8. The second-order valence-electron chi connectivity index (χ2n) is 5.05. The van der Waals surface area contributed by atoms with Gasteiger partial charge in [-0.2, -0.15) is 0 Å². The normalized spacial score (nSPS) is 30.8. The van der Waals surface area contributed by atoms with E-state index in [0.29, 0.717) is 5.92 Å². The van der Waals surface area contributed by atoms with Gasteiger partial charge in [-0.15, -0.1) is 0 Å². The smallest absolute Gasteiger partial charge is 0.326 e. The van der Waals surface area contributed by atoms with Crippen LogP contribution >= 0.6 is 0 Å². The molecule has 1 saturated carbocycles. The number of nitrogens with zero attached hydrogens (tertiary/aromatic N) is 1. The number of piperidine rings is 2. The molecule has 2 aliphatic heterocycles. The van der Waals surface area contributed by atoms with Gasteiger partial charge in [0.1, 0.15) is 11.8 Å². The number of carboxylic acids is 1. The van der Waals surface area contributed by atoms with E-state index < -0.39 is 12.0 Å². The molecule has 2 N–H and O–H groups in total. The molecule has 1 aromatic carbocycles. The fourth-order valence-corrected chi connectivity index (χ4v) is 3.11. The van der Waals surface area contributed by atoms with Crippen LogP contribution in [0.3, 0.4) is 0 Å². The Kier molecular flexibility index (Phi) is 2.24. The van der Waals surface area contributed by atoms with Gasteiger partial charge >= 0.3 is 5.97 Å². The van der Waals surface area contributed by atoms with Crippen molar-refractivity contribution in [2.24, 2.45) is 11.8 Å². The highest BCUT2D eigenvalue weighted by molar-refractivity contribution is 5.79. The van der Waals surface area contributed by atoms with Crippen LogP contribution in [0.25, 0.3) is 0 Å². The van der Waals surface area contributed by atoms with E-state index in [1.54, 1.807) is 18.2 Å². The first-order chi connectivity index (χ1) is 8.15. The number of hydrogen-bond donors (Lipinski definition) is 2. The molecule has 2 bridgehead atoms. The van der Waals surface area contributed by atoms with Crippen LogP contribution in [0.15, 0.2) is 24.3 Å². The third-order valence-electron chi connectivity index (χ3n) is 3.92. The molecule has 3 fully saturated rings. The minimum atomic E-state index is -0.753. The molecule has 4 heteroatoms. The quantitative estimate of drug-likeness (QED) is 0.816. The zero-order valence-electron chi connectivity index (χ0n) is 9.41. The molecular weight excluding hydrogens is 218 g/mol. The third-order valence-corrected chi connectivity index (χ3v) is 3.92. The van der Waals surface area contributed by atoms with Crippen LogP contribution in [0.1, 0.15) is 12.8 Å². The highest BCUT2D eigenvalue weighted by Crippen LogP contribution is 2.45. The van der Waals surface area contributed by atoms with Crippen molar-refractivity contribution in [3.05, 3.63) is 24.3 Å². The molecular formula is C13H15NO3. The third kappa shape index (κ3) is 1.64. The summed E-state index contributed by atoms with van der Waals surface area (Å²) in [5.41, 5.74) is 0.812. The summed E-state index contributed by atoms with van der Waals surface area (Å²) in [4.78, 5) is 13.3. The zero-order valence-corrected chi connectivity index (χ0v) is 9.41. The van der Waals surface area contributed by atoms with Gasteiger partial charge in [-0.3, -0.25) is 0 Å². The summed E-state index contributed by atoms with van der Waals surface area (Å²) in [7, 11) is 0. The fourth-order valence-electron chi connectivity index (χ4n) is 3.11. The van der Waals surface area contributed by atoms with Gasteiger partial charge in [-0.05, 0) is 36.8 Å². The zero-order chi connectivity index (χ0) is 12.0. The topological polar surface area (TPSA) is 60.8 Å². The number of aliphatic carboxylic acids is 1. The molecule has 4 nitrogen and oxygen atoms in total. The molecule has 17 heavy (non-hydrogen) atoms. The van der Waals surface area contributed by atoms with E-state index in [-0.39, 0.29) is 11.7 Å². The maximum absolute atomic E-state index is 11.4. The van der Waals surface area contributed by atoms with Gasteiger partial charge in [0.05, 0.1) is 0 Å². The molecule has 1 atom stereocenters. The second kappa shape index (κ2) is 3.65. The van der Waals surface area contributed by atoms with Crippen molar-refractivity contribution in [3.8, 4) is 5.75 Å². The van der Waals surface area contributed by atoms with Gasteiger partial charge in [0.2, 0.25) is 0 Å². The Morgan fingerprint density at radius 1 is 1.35 bits per heavy atom. The Morgan fingerprint density at radius 2 is 2.12 bits per heavy atom. The Bertz CT molecular complexity index is 454. The molecule has 0 spiro atoms. The van der Waals surface area contributed by atoms with Gasteiger partial charge in [-0.25, -0.2) is 4.79 Å². The van der Waals surface area contributed by atoms with Crippen LogP contribution in [0, 0.1) is 11.8 Å². The Balaban J connectivity index is 1.93. The number of benzene rings is 1. The van der Waals surface area contributed by atoms with E-state index in [1.165, 1.54) is 0 Å². The lowest BCUT2D eigenvalue weighted by molar-refractivity contribution is -0.142. The van der Waals surface area contributed by atoms with Crippen molar-refractivity contribution in [2.75, 3.05) is 11.4 Å². The number of carboxylic acid groups (broad SMARTS) is 1. The van der Waals surface area contributed by atoms with Crippen molar-refractivity contribution < 1.29 is 15.0 Å². The largest absolute Gasteiger partial charge is 0.508 e. The highest BCUT2D eigenvalue weighted by Gasteiger charge is 2.48. The van der Waals surface area contributed by atoms with E-state index in [4.69, 9.17) is 0 Å². The van der Waals surface area contributed by atoms with Gasteiger partial charge in [0.15, 0.2) is 0 Å². The van der Waals surface area contributed by atoms with Gasteiger partial charge in [0, 0.05) is 18.3 Å². The van der Waals surface area contributed by atoms with Gasteiger partial charge < -0.3 is 15.1 Å². The average Bonchev–Trinajstić information content (AvgIpc) is 2.27. The summed E-state index contributed by atoms with van der Waals surface area (Å²) >= 11 is 0. The molecule has 3 aliphatic rings. The molecule has 1 unspecified atom stereocenters. The summed E-state index contributed by atoms with van der Waals surface area (Å²) in [6.45, 7) is 0.789. The number of phenols is 1.